The Morgan fingerprint density at radius 2 is 1.95 bits per heavy atom. The number of ether oxygens (including phenoxy) is 1. The van der Waals surface area contributed by atoms with Gasteiger partial charge in [-0.3, -0.25) is 0 Å². The number of rotatable bonds is 4. The van der Waals surface area contributed by atoms with Crippen molar-refractivity contribution in [3.63, 3.8) is 0 Å². The van der Waals surface area contributed by atoms with Crippen molar-refractivity contribution >= 4 is 0 Å². The molecule has 0 fully saturated rings. The van der Waals surface area contributed by atoms with Gasteiger partial charge in [0.1, 0.15) is 5.75 Å². The lowest BCUT2D eigenvalue weighted by atomic mass is 9.84. The Hall–Kier alpha value is -1.53. The fraction of sp³-hybridized carbons (Fsp3) is 0.562. The first-order chi connectivity index (χ1) is 8.79. The third-order valence-corrected chi connectivity index (χ3v) is 3.14. The van der Waals surface area contributed by atoms with Gasteiger partial charge in [-0.2, -0.15) is 5.26 Å². The Balaban J connectivity index is 3.21. The monoisotopic (exact) mass is 260 g/mol. The van der Waals surface area contributed by atoms with Crippen LogP contribution in [-0.4, -0.2) is 32.6 Å². The minimum Gasteiger partial charge on any atom is -0.496 e. The van der Waals surface area contributed by atoms with Gasteiger partial charge in [0.15, 0.2) is 0 Å². The van der Waals surface area contributed by atoms with E-state index in [9.17, 15) is 5.26 Å². The molecular formula is C16H24N2O. The fourth-order valence-corrected chi connectivity index (χ4v) is 2.11. The zero-order chi connectivity index (χ0) is 14.6. The first-order valence-electron chi connectivity index (χ1n) is 6.52. The van der Waals surface area contributed by atoms with Crippen LogP contribution in [0.4, 0.5) is 0 Å². The second-order valence-corrected chi connectivity index (χ2v) is 6.15. The number of methoxy groups -OCH3 is 1. The molecule has 104 valence electrons. The molecule has 0 amide bonds. The zero-order valence-electron chi connectivity index (χ0n) is 12.8. The van der Waals surface area contributed by atoms with Crippen LogP contribution in [0.2, 0.25) is 0 Å². The number of nitrogens with zero attached hydrogens (tertiary/aromatic N) is 2. The van der Waals surface area contributed by atoms with Crippen LogP contribution in [0, 0.1) is 11.3 Å². The fourth-order valence-electron chi connectivity index (χ4n) is 2.11. The lowest BCUT2D eigenvalue weighted by Gasteiger charge is -2.24. The maximum Gasteiger partial charge on any atom is 0.122 e. The molecule has 0 N–H and O–H groups in total. The number of likely N-dealkylation sites (N-methyl/N-ethyl adjacent to an activating group) is 1. The molecule has 0 saturated carbocycles. The van der Waals surface area contributed by atoms with Gasteiger partial charge >= 0.3 is 0 Å². The summed E-state index contributed by atoms with van der Waals surface area (Å²) in [6.45, 7) is 7.19. The van der Waals surface area contributed by atoms with Crippen LogP contribution in [0.25, 0.3) is 0 Å². The maximum absolute atomic E-state index is 9.34. The Morgan fingerprint density at radius 1 is 1.32 bits per heavy atom. The average molecular weight is 260 g/mol. The van der Waals surface area contributed by atoms with Gasteiger partial charge in [0.2, 0.25) is 0 Å². The lowest BCUT2D eigenvalue weighted by Crippen LogP contribution is -2.20. The van der Waals surface area contributed by atoms with Crippen LogP contribution in [0.1, 0.15) is 37.8 Å². The van der Waals surface area contributed by atoms with Crippen molar-refractivity contribution in [2.24, 2.45) is 0 Å². The minimum absolute atomic E-state index is 0.000520. The summed E-state index contributed by atoms with van der Waals surface area (Å²) in [5.74, 6) is 0.778. The second kappa shape index (κ2) is 6.08. The molecule has 1 aromatic rings. The van der Waals surface area contributed by atoms with E-state index in [1.54, 1.807) is 7.11 Å². The quantitative estimate of drug-likeness (QED) is 0.834. The Labute approximate surface area is 116 Å². The standard InChI is InChI=1S/C16H24N2O/c1-16(2,3)14-9-12(7-8-15(14)19-6)13(10-17)11-18(4)5/h7-9,13H,11H2,1-6H3. The molecule has 0 heterocycles. The summed E-state index contributed by atoms with van der Waals surface area (Å²) in [5.41, 5.74) is 2.20. The van der Waals surface area contributed by atoms with Crippen LogP contribution in [0.15, 0.2) is 18.2 Å². The minimum atomic E-state index is -0.109. The van der Waals surface area contributed by atoms with E-state index >= 15 is 0 Å². The molecule has 19 heavy (non-hydrogen) atoms. The van der Waals surface area contributed by atoms with Gasteiger partial charge in [-0.05, 0) is 36.7 Å². The molecule has 0 aromatic heterocycles. The normalized spacial score (nSPS) is 13.2. The predicted molar refractivity (Wildman–Crippen MR) is 78.6 cm³/mol. The van der Waals surface area contributed by atoms with Crippen molar-refractivity contribution in [3.05, 3.63) is 29.3 Å². The van der Waals surface area contributed by atoms with E-state index in [1.807, 2.05) is 31.1 Å². The van der Waals surface area contributed by atoms with E-state index in [4.69, 9.17) is 4.74 Å². The molecule has 0 spiro atoms. The number of hydrogen-bond donors (Lipinski definition) is 0. The van der Waals surface area contributed by atoms with E-state index in [1.165, 1.54) is 0 Å². The first kappa shape index (κ1) is 15.5. The number of hydrogen-bond acceptors (Lipinski definition) is 3. The van der Waals surface area contributed by atoms with Crippen LogP contribution >= 0.6 is 0 Å². The molecule has 3 nitrogen and oxygen atoms in total. The van der Waals surface area contributed by atoms with Crippen molar-refractivity contribution in [2.75, 3.05) is 27.7 Å². The molecule has 0 aliphatic carbocycles. The molecule has 1 atom stereocenters. The maximum atomic E-state index is 9.34. The van der Waals surface area contributed by atoms with Gasteiger partial charge in [0, 0.05) is 6.54 Å². The summed E-state index contributed by atoms with van der Waals surface area (Å²) in [7, 11) is 5.66. The van der Waals surface area contributed by atoms with Crippen molar-refractivity contribution in [1.82, 2.24) is 4.90 Å². The summed E-state index contributed by atoms with van der Waals surface area (Å²) >= 11 is 0. The van der Waals surface area contributed by atoms with E-state index in [0.717, 1.165) is 23.4 Å². The van der Waals surface area contributed by atoms with Gasteiger partial charge in [0.25, 0.3) is 0 Å². The SMILES string of the molecule is COc1ccc(C(C#N)CN(C)C)cc1C(C)(C)C. The topological polar surface area (TPSA) is 36.3 Å². The van der Waals surface area contributed by atoms with E-state index in [2.05, 4.69) is 32.9 Å². The van der Waals surface area contributed by atoms with Gasteiger partial charge in [-0.1, -0.05) is 32.9 Å². The molecule has 0 bridgehead atoms. The highest BCUT2D eigenvalue weighted by molar-refractivity contribution is 5.43. The molecule has 1 rings (SSSR count). The van der Waals surface area contributed by atoms with Gasteiger partial charge < -0.3 is 9.64 Å². The smallest absolute Gasteiger partial charge is 0.122 e. The highest BCUT2D eigenvalue weighted by atomic mass is 16.5. The van der Waals surface area contributed by atoms with Gasteiger partial charge in [0.05, 0.1) is 19.1 Å². The Kier molecular flexibility index (Phi) is 4.97. The van der Waals surface area contributed by atoms with Crippen LogP contribution in [0.5, 0.6) is 5.75 Å². The summed E-state index contributed by atoms with van der Waals surface area (Å²) in [5, 5.41) is 9.34. The lowest BCUT2D eigenvalue weighted by molar-refractivity contribution is 0.392. The average Bonchev–Trinajstić information content (AvgIpc) is 2.34. The highest BCUT2D eigenvalue weighted by Crippen LogP contribution is 2.33. The van der Waals surface area contributed by atoms with Crippen LogP contribution in [-0.2, 0) is 5.41 Å². The molecule has 0 radical (unpaired) electrons. The summed E-state index contributed by atoms with van der Waals surface area (Å²) in [4.78, 5) is 2.04. The van der Waals surface area contributed by atoms with E-state index in [0.29, 0.717) is 0 Å². The second-order valence-electron chi connectivity index (χ2n) is 6.15. The molecular weight excluding hydrogens is 236 g/mol. The van der Waals surface area contributed by atoms with Gasteiger partial charge in [-0.15, -0.1) is 0 Å². The third kappa shape index (κ3) is 3.97. The van der Waals surface area contributed by atoms with Crippen LogP contribution in [0.3, 0.4) is 0 Å². The third-order valence-electron chi connectivity index (χ3n) is 3.14. The molecule has 1 aromatic carbocycles. The molecule has 0 saturated heterocycles. The van der Waals surface area contributed by atoms with E-state index < -0.39 is 0 Å². The molecule has 3 heteroatoms. The van der Waals surface area contributed by atoms with E-state index in [-0.39, 0.29) is 11.3 Å². The number of benzene rings is 1. The van der Waals surface area contributed by atoms with Crippen molar-refractivity contribution in [3.8, 4) is 11.8 Å². The first-order valence-corrected chi connectivity index (χ1v) is 6.52. The van der Waals surface area contributed by atoms with Crippen molar-refractivity contribution in [2.45, 2.75) is 32.1 Å². The van der Waals surface area contributed by atoms with Crippen molar-refractivity contribution in [1.29, 1.82) is 5.26 Å². The summed E-state index contributed by atoms with van der Waals surface area (Å²) in [6, 6.07) is 8.45. The van der Waals surface area contributed by atoms with Crippen molar-refractivity contribution < 1.29 is 4.74 Å². The number of nitriles is 1. The molecule has 0 aliphatic rings. The zero-order valence-corrected chi connectivity index (χ0v) is 12.8. The molecule has 0 aliphatic heterocycles. The largest absolute Gasteiger partial charge is 0.496 e. The predicted octanol–water partition coefficient (Wildman–Crippen LogP) is 3.16. The van der Waals surface area contributed by atoms with Gasteiger partial charge in [-0.25, -0.2) is 0 Å². The Morgan fingerprint density at radius 3 is 2.37 bits per heavy atom. The van der Waals surface area contributed by atoms with Crippen LogP contribution < -0.4 is 4.74 Å². The highest BCUT2D eigenvalue weighted by Gasteiger charge is 2.21. The summed E-state index contributed by atoms with van der Waals surface area (Å²) < 4.78 is 5.43. The summed E-state index contributed by atoms with van der Waals surface area (Å²) in [6.07, 6.45) is 0. The Bertz CT molecular complexity index is 467. The molecule has 1 unspecified atom stereocenters.